The number of carbonyl (C=O) groups excluding carboxylic acids is 1. The molecule has 0 radical (unpaired) electrons. The molecule has 3 N–H and O–H groups in total. The average Bonchev–Trinajstić information content (AvgIpc) is 2.97. The van der Waals surface area contributed by atoms with Crippen LogP contribution in [0.2, 0.25) is 0 Å². The molecule has 1 fully saturated rings. The third kappa shape index (κ3) is 8.76. The summed E-state index contributed by atoms with van der Waals surface area (Å²) in [5, 5.41) is 10.7. The summed E-state index contributed by atoms with van der Waals surface area (Å²) in [5.74, 6) is 1.23. The average molecular weight is 507 g/mol. The summed E-state index contributed by atoms with van der Waals surface area (Å²) < 4.78 is 0. The first kappa shape index (κ1) is 24.1. The smallest absolute Gasteiger partial charge is 0.223 e. The first-order valence-electron chi connectivity index (χ1n) is 9.83. The molecular weight excluding hydrogens is 473 g/mol. The zero-order valence-corrected chi connectivity index (χ0v) is 19.9. The Hall–Kier alpha value is -0.900. The topological polar surface area (TPSA) is 78.4 Å². The van der Waals surface area contributed by atoms with Crippen molar-refractivity contribution in [2.45, 2.75) is 59.3 Å². The van der Waals surface area contributed by atoms with Gasteiger partial charge in [0, 0.05) is 43.4 Å². The van der Waals surface area contributed by atoms with Crippen LogP contribution in [-0.2, 0) is 11.2 Å². The molecule has 0 unspecified atom stereocenters. The molecule has 27 heavy (non-hydrogen) atoms. The molecule has 0 aromatic carbocycles. The molecule has 0 bridgehead atoms. The lowest BCUT2D eigenvalue weighted by molar-refractivity contribution is -0.125. The predicted molar refractivity (Wildman–Crippen MR) is 124 cm³/mol. The molecule has 1 amide bonds. The summed E-state index contributed by atoms with van der Waals surface area (Å²) in [7, 11) is 0. The molecule has 0 atom stereocenters. The lowest BCUT2D eigenvalue weighted by Gasteiger charge is -2.21. The zero-order valence-electron chi connectivity index (χ0n) is 16.8. The summed E-state index contributed by atoms with van der Waals surface area (Å²) in [6, 6.07) is 0. The van der Waals surface area contributed by atoms with Crippen LogP contribution in [0.15, 0.2) is 4.99 Å². The van der Waals surface area contributed by atoms with Crippen LogP contribution >= 0.6 is 35.3 Å². The van der Waals surface area contributed by atoms with E-state index in [9.17, 15) is 4.79 Å². The number of aromatic nitrogens is 1. The van der Waals surface area contributed by atoms with Crippen molar-refractivity contribution in [1.82, 2.24) is 20.9 Å². The molecule has 1 aliphatic rings. The minimum atomic E-state index is 0. The van der Waals surface area contributed by atoms with Gasteiger partial charge in [-0.05, 0) is 33.6 Å². The molecule has 1 saturated carbocycles. The molecule has 0 spiro atoms. The van der Waals surface area contributed by atoms with Crippen LogP contribution in [0.4, 0.5) is 0 Å². The van der Waals surface area contributed by atoms with Crippen LogP contribution in [0.1, 0.15) is 54.6 Å². The van der Waals surface area contributed by atoms with Crippen molar-refractivity contribution in [2.75, 3.05) is 26.2 Å². The number of rotatable bonds is 8. The van der Waals surface area contributed by atoms with E-state index in [-0.39, 0.29) is 35.8 Å². The summed E-state index contributed by atoms with van der Waals surface area (Å²) in [4.78, 5) is 22.6. The second-order valence-corrected chi connectivity index (χ2v) is 8.10. The highest BCUT2D eigenvalue weighted by molar-refractivity contribution is 14.0. The van der Waals surface area contributed by atoms with E-state index in [1.54, 1.807) is 11.3 Å². The highest BCUT2D eigenvalue weighted by Crippen LogP contribution is 2.23. The maximum atomic E-state index is 12.1. The van der Waals surface area contributed by atoms with Crippen LogP contribution in [0.25, 0.3) is 0 Å². The number of guanidine groups is 1. The van der Waals surface area contributed by atoms with Gasteiger partial charge in [-0.25, -0.2) is 4.98 Å². The fourth-order valence-corrected chi connectivity index (χ4v) is 4.05. The Morgan fingerprint density at radius 2 is 1.85 bits per heavy atom. The second-order valence-electron chi connectivity index (χ2n) is 6.81. The van der Waals surface area contributed by atoms with Crippen LogP contribution in [0, 0.1) is 19.8 Å². The minimum absolute atomic E-state index is 0. The third-order valence-corrected chi connectivity index (χ3v) is 5.84. The van der Waals surface area contributed by atoms with Crippen LogP contribution in [0.3, 0.4) is 0 Å². The van der Waals surface area contributed by atoms with E-state index in [1.165, 1.54) is 24.1 Å². The van der Waals surface area contributed by atoms with Crippen molar-refractivity contribution >= 4 is 47.2 Å². The van der Waals surface area contributed by atoms with E-state index in [4.69, 9.17) is 0 Å². The highest BCUT2D eigenvalue weighted by Gasteiger charge is 2.20. The van der Waals surface area contributed by atoms with Gasteiger partial charge in [-0.1, -0.05) is 19.3 Å². The highest BCUT2D eigenvalue weighted by atomic mass is 127. The quantitative estimate of drug-likeness (QED) is 0.219. The molecule has 2 rings (SSSR count). The number of hydrogen-bond donors (Lipinski definition) is 3. The second kappa shape index (κ2) is 13.3. The first-order chi connectivity index (χ1) is 12.6. The van der Waals surface area contributed by atoms with Crippen LogP contribution < -0.4 is 16.0 Å². The molecule has 1 heterocycles. The van der Waals surface area contributed by atoms with E-state index in [0.29, 0.717) is 19.6 Å². The zero-order chi connectivity index (χ0) is 18.8. The lowest BCUT2D eigenvalue weighted by atomic mass is 9.89. The summed E-state index contributed by atoms with van der Waals surface area (Å²) >= 11 is 1.75. The Balaban J connectivity index is 0.00000364. The Morgan fingerprint density at radius 1 is 1.15 bits per heavy atom. The SMILES string of the molecule is CCNC(=NCCc1nc(C)c(C)s1)NCCNC(=O)C1CCCCC1.I. The third-order valence-electron chi connectivity index (χ3n) is 4.71. The van der Waals surface area contributed by atoms with Crippen molar-refractivity contribution in [1.29, 1.82) is 0 Å². The van der Waals surface area contributed by atoms with Gasteiger partial charge in [0.25, 0.3) is 0 Å². The van der Waals surface area contributed by atoms with E-state index in [2.05, 4.69) is 39.8 Å². The number of aryl methyl sites for hydroxylation is 2. The maximum absolute atomic E-state index is 12.1. The van der Waals surface area contributed by atoms with Crippen LogP contribution in [0.5, 0.6) is 0 Å². The fraction of sp³-hybridized carbons (Fsp3) is 0.737. The predicted octanol–water partition coefficient (Wildman–Crippen LogP) is 3.17. The molecular formula is C19H34IN5OS. The molecule has 154 valence electrons. The summed E-state index contributed by atoms with van der Waals surface area (Å²) in [6.45, 7) is 9.03. The van der Waals surface area contributed by atoms with Gasteiger partial charge in [0.1, 0.15) is 0 Å². The van der Waals surface area contributed by atoms with E-state index >= 15 is 0 Å². The van der Waals surface area contributed by atoms with Gasteiger partial charge < -0.3 is 16.0 Å². The summed E-state index contributed by atoms with van der Waals surface area (Å²) in [6.07, 6.45) is 6.58. The van der Waals surface area contributed by atoms with Gasteiger partial charge in [-0.15, -0.1) is 35.3 Å². The van der Waals surface area contributed by atoms with E-state index in [1.807, 2.05) is 6.92 Å². The Kier molecular flexibility index (Phi) is 11.9. The van der Waals surface area contributed by atoms with Crippen molar-refractivity contribution in [2.24, 2.45) is 10.9 Å². The molecule has 1 aliphatic carbocycles. The van der Waals surface area contributed by atoms with Crippen LogP contribution in [-0.4, -0.2) is 43.0 Å². The van der Waals surface area contributed by atoms with E-state index < -0.39 is 0 Å². The maximum Gasteiger partial charge on any atom is 0.223 e. The molecule has 0 saturated heterocycles. The normalized spacial score (nSPS) is 15.1. The molecule has 8 heteroatoms. The number of halogens is 1. The first-order valence-corrected chi connectivity index (χ1v) is 10.6. The fourth-order valence-electron chi connectivity index (χ4n) is 3.13. The summed E-state index contributed by atoms with van der Waals surface area (Å²) in [5.41, 5.74) is 1.12. The number of nitrogens with zero attached hydrogens (tertiary/aromatic N) is 2. The lowest BCUT2D eigenvalue weighted by Crippen LogP contribution is -2.42. The van der Waals surface area contributed by atoms with Gasteiger partial charge >= 0.3 is 0 Å². The molecule has 0 aliphatic heterocycles. The monoisotopic (exact) mass is 507 g/mol. The molecule has 6 nitrogen and oxygen atoms in total. The van der Waals surface area contributed by atoms with Crippen molar-refractivity contribution < 1.29 is 4.79 Å². The number of aliphatic imine (C=N–C) groups is 1. The van der Waals surface area contributed by atoms with Gasteiger partial charge in [0.05, 0.1) is 10.7 Å². The number of nitrogens with one attached hydrogen (secondary N) is 3. The van der Waals surface area contributed by atoms with Gasteiger partial charge in [-0.3, -0.25) is 9.79 Å². The Labute approximate surface area is 184 Å². The number of amides is 1. The Bertz CT molecular complexity index is 579. The number of carbonyl (C=O) groups is 1. The van der Waals surface area contributed by atoms with Gasteiger partial charge in [0.2, 0.25) is 5.91 Å². The van der Waals surface area contributed by atoms with E-state index in [0.717, 1.165) is 42.5 Å². The van der Waals surface area contributed by atoms with Crippen molar-refractivity contribution in [3.05, 3.63) is 15.6 Å². The van der Waals surface area contributed by atoms with Gasteiger partial charge in [-0.2, -0.15) is 0 Å². The minimum Gasteiger partial charge on any atom is -0.357 e. The Morgan fingerprint density at radius 3 is 2.48 bits per heavy atom. The van der Waals surface area contributed by atoms with Gasteiger partial charge in [0.15, 0.2) is 5.96 Å². The van der Waals surface area contributed by atoms with Crippen molar-refractivity contribution in [3.63, 3.8) is 0 Å². The standard InChI is InChI=1S/C19H33N5OS.HI/c1-4-20-19(22-11-10-17-24-14(2)15(3)26-17)23-13-12-21-18(25)16-8-6-5-7-9-16;/h16H,4-13H2,1-3H3,(H,21,25)(H2,20,22,23);1H. The molecule has 1 aromatic rings. The van der Waals surface area contributed by atoms with Crippen molar-refractivity contribution in [3.8, 4) is 0 Å². The largest absolute Gasteiger partial charge is 0.357 e. The number of thiazole rings is 1. The number of hydrogen-bond acceptors (Lipinski definition) is 4. The molecule has 1 aromatic heterocycles.